The lowest BCUT2D eigenvalue weighted by Gasteiger charge is -2.26. The molecule has 1 aliphatic heterocycles. The molecule has 3 rings (SSSR count). The van der Waals surface area contributed by atoms with E-state index in [1.54, 1.807) is 12.3 Å². The number of carbonyl (C=O) groups excluding carboxylic acids is 1. The Labute approximate surface area is 122 Å². The minimum Gasteiger partial charge on any atom is -0.273 e. The van der Waals surface area contributed by atoms with Crippen LogP contribution in [0.4, 0.5) is 10.1 Å². The Morgan fingerprint density at radius 2 is 2.19 bits per heavy atom. The highest BCUT2D eigenvalue weighted by atomic mass is 19.1. The number of hydrazine groups is 1. The summed E-state index contributed by atoms with van der Waals surface area (Å²) in [7, 11) is 0. The van der Waals surface area contributed by atoms with Crippen molar-refractivity contribution in [2.24, 2.45) is 0 Å². The number of para-hydroxylation sites is 1. The first-order valence-electron chi connectivity index (χ1n) is 6.97. The molecule has 0 radical (unpaired) electrons. The first-order chi connectivity index (χ1) is 10.2. The Hall–Kier alpha value is -2.27. The van der Waals surface area contributed by atoms with Crippen molar-refractivity contribution in [2.45, 2.75) is 25.8 Å². The van der Waals surface area contributed by atoms with E-state index in [0.717, 1.165) is 11.3 Å². The van der Waals surface area contributed by atoms with Gasteiger partial charge in [-0.15, -0.1) is 0 Å². The number of hydrogen-bond acceptors (Lipinski definition) is 3. The Bertz CT molecular complexity index is 674. The van der Waals surface area contributed by atoms with Gasteiger partial charge in [0, 0.05) is 11.8 Å². The zero-order valence-corrected chi connectivity index (χ0v) is 11.7. The Balaban J connectivity index is 1.88. The normalized spacial score (nSPS) is 15.1. The Kier molecular flexibility index (Phi) is 3.66. The van der Waals surface area contributed by atoms with Gasteiger partial charge in [-0.2, -0.15) is 0 Å². The predicted molar refractivity (Wildman–Crippen MR) is 78.0 cm³/mol. The standard InChI is InChI=1S/C16H16FN3O/c1-2-14(12-7-8-18-10-13(12)17)19-20-15-6-4-3-5-11(15)9-16(20)21/h3-8,10,14,19H,2,9H2,1H3. The Morgan fingerprint density at radius 1 is 1.38 bits per heavy atom. The van der Waals surface area contributed by atoms with Crippen LogP contribution in [0.1, 0.15) is 30.5 Å². The molecule has 0 saturated heterocycles. The van der Waals surface area contributed by atoms with Crippen molar-refractivity contribution in [3.8, 4) is 0 Å². The van der Waals surface area contributed by atoms with E-state index in [1.165, 1.54) is 11.2 Å². The smallest absolute Gasteiger partial charge is 0.245 e. The fourth-order valence-corrected chi connectivity index (χ4v) is 2.60. The average Bonchev–Trinajstić information content (AvgIpc) is 2.81. The summed E-state index contributed by atoms with van der Waals surface area (Å²) in [4.78, 5) is 15.9. The van der Waals surface area contributed by atoms with Crippen LogP contribution in [0, 0.1) is 5.82 Å². The van der Waals surface area contributed by atoms with E-state index < -0.39 is 0 Å². The molecule has 1 aromatic heterocycles. The minimum absolute atomic E-state index is 0.0240. The molecule has 0 spiro atoms. The second kappa shape index (κ2) is 5.61. The van der Waals surface area contributed by atoms with Crippen LogP contribution in [0.5, 0.6) is 0 Å². The lowest BCUT2D eigenvalue weighted by Crippen LogP contribution is -2.43. The number of pyridine rings is 1. The number of halogens is 1. The van der Waals surface area contributed by atoms with Gasteiger partial charge in [-0.05, 0) is 24.1 Å². The molecule has 21 heavy (non-hydrogen) atoms. The molecule has 0 bridgehead atoms. The summed E-state index contributed by atoms with van der Waals surface area (Å²) in [6.07, 6.45) is 3.78. The van der Waals surface area contributed by atoms with Crippen LogP contribution >= 0.6 is 0 Å². The lowest BCUT2D eigenvalue weighted by atomic mass is 10.1. The third kappa shape index (κ3) is 2.52. The summed E-state index contributed by atoms with van der Waals surface area (Å²) >= 11 is 0. The maximum absolute atomic E-state index is 13.9. The number of nitrogens with zero attached hydrogens (tertiary/aromatic N) is 2. The van der Waals surface area contributed by atoms with Gasteiger partial charge in [0.05, 0.1) is 24.3 Å². The zero-order chi connectivity index (χ0) is 14.8. The molecule has 0 aliphatic carbocycles. The maximum Gasteiger partial charge on any atom is 0.245 e. The van der Waals surface area contributed by atoms with Crippen LogP contribution in [-0.4, -0.2) is 10.9 Å². The topological polar surface area (TPSA) is 45.2 Å². The lowest BCUT2D eigenvalue weighted by molar-refractivity contribution is -0.118. The quantitative estimate of drug-likeness (QED) is 0.939. The van der Waals surface area contributed by atoms with Gasteiger partial charge >= 0.3 is 0 Å². The van der Waals surface area contributed by atoms with Crippen LogP contribution in [0.2, 0.25) is 0 Å². The van der Waals surface area contributed by atoms with Gasteiger partial charge in [0.1, 0.15) is 5.82 Å². The molecule has 1 atom stereocenters. The van der Waals surface area contributed by atoms with Crippen molar-refractivity contribution in [1.29, 1.82) is 0 Å². The number of rotatable bonds is 4. The molecule has 5 heteroatoms. The fraction of sp³-hybridized carbons (Fsp3) is 0.250. The third-order valence-corrected chi connectivity index (χ3v) is 3.70. The van der Waals surface area contributed by atoms with Gasteiger partial charge in [0.15, 0.2) is 0 Å². The predicted octanol–water partition coefficient (Wildman–Crippen LogP) is 2.77. The fourth-order valence-electron chi connectivity index (χ4n) is 2.60. The summed E-state index contributed by atoms with van der Waals surface area (Å²) in [5, 5.41) is 1.53. The van der Waals surface area contributed by atoms with E-state index in [2.05, 4.69) is 10.4 Å². The number of anilines is 1. The zero-order valence-electron chi connectivity index (χ0n) is 11.7. The monoisotopic (exact) mass is 285 g/mol. The van der Waals surface area contributed by atoms with E-state index in [9.17, 15) is 9.18 Å². The van der Waals surface area contributed by atoms with E-state index in [1.807, 2.05) is 31.2 Å². The third-order valence-electron chi connectivity index (χ3n) is 3.70. The van der Waals surface area contributed by atoms with E-state index in [-0.39, 0.29) is 17.8 Å². The molecule has 108 valence electrons. The first-order valence-corrected chi connectivity index (χ1v) is 6.97. The second-order valence-electron chi connectivity index (χ2n) is 5.02. The molecular weight excluding hydrogens is 269 g/mol. The van der Waals surface area contributed by atoms with Crippen LogP contribution < -0.4 is 10.4 Å². The molecule has 1 amide bonds. The van der Waals surface area contributed by atoms with Crippen LogP contribution in [0.25, 0.3) is 0 Å². The highest BCUT2D eigenvalue weighted by Gasteiger charge is 2.29. The van der Waals surface area contributed by atoms with Crippen molar-refractivity contribution in [3.63, 3.8) is 0 Å². The van der Waals surface area contributed by atoms with Crippen molar-refractivity contribution in [3.05, 3.63) is 59.7 Å². The molecule has 1 aromatic carbocycles. The Morgan fingerprint density at radius 3 is 2.95 bits per heavy atom. The molecule has 4 nitrogen and oxygen atoms in total. The largest absolute Gasteiger partial charge is 0.273 e. The highest BCUT2D eigenvalue weighted by molar-refractivity contribution is 6.00. The highest BCUT2D eigenvalue weighted by Crippen LogP contribution is 2.29. The van der Waals surface area contributed by atoms with Crippen LogP contribution in [0.15, 0.2) is 42.7 Å². The van der Waals surface area contributed by atoms with Crippen molar-refractivity contribution < 1.29 is 9.18 Å². The number of carbonyl (C=O) groups is 1. The number of fused-ring (bicyclic) bond motifs is 1. The van der Waals surface area contributed by atoms with E-state index in [0.29, 0.717) is 18.4 Å². The number of hydrogen-bond donors (Lipinski definition) is 1. The van der Waals surface area contributed by atoms with Gasteiger partial charge < -0.3 is 0 Å². The van der Waals surface area contributed by atoms with Gasteiger partial charge in [0.25, 0.3) is 0 Å². The molecule has 0 saturated carbocycles. The second-order valence-corrected chi connectivity index (χ2v) is 5.02. The van der Waals surface area contributed by atoms with Gasteiger partial charge in [-0.25, -0.2) is 14.8 Å². The van der Waals surface area contributed by atoms with Crippen molar-refractivity contribution >= 4 is 11.6 Å². The number of amides is 1. The summed E-state index contributed by atoms with van der Waals surface area (Å²) in [6, 6.07) is 8.99. The summed E-state index contributed by atoms with van der Waals surface area (Å²) in [6.45, 7) is 1.95. The number of aromatic nitrogens is 1. The maximum atomic E-state index is 13.9. The van der Waals surface area contributed by atoms with Crippen molar-refractivity contribution in [1.82, 2.24) is 10.4 Å². The molecule has 1 aliphatic rings. The number of benzene rings is 1. The van der Waals surface area contributed by atoms with Crippen molar-refractivity contribution in [2.75, 3.05) is 5.01 Å². The molecule has 1 N–H and O–H groups in total. The van der Waals surface area contributed by atoms with Gasteiger partial charge in [0.2, 0.25) is 5.91 Å². The summed E-state index contributed by atoms with van der Waals surface area (Å²) in [5.41, 5.74) is 5.49. The molecular formula is C16H16FN3O. The van der Waals surface area contributed by atoms with Crippen LogP contribution in [-0.2, 0) is 11.2 Å². The molecule has 0 fully saturated rings. The summed E-state index contributed by atoms with van der Waals surface area (Å²) < 4.78 is 13.9. The number of nitrogens with one attached hydrogen (secondary N) is 1. The molecule has 2 aromatic rings. The van der Waals surface area contributed by atoms with E-state index in [4.69, 9.17) is 0 Å². The summed E-state index contributed by atoms with van der Waals surface area (Å²) in [5.74, 6) is -0.388. The van der Waals surface area contributed by atoms with E-state index >= 15 is 0 Å². The van der Waals surface area contributed by atoms with Gasteiger partial charge in [-0.1, -0.05) is 25.1 Å². The molecule has 2 heterocycles. The first kappa shape index (κ1) is 13.7. The SMILES string of the molecule is CCC(NN1C(=O)Cc2ccccc21)c1ccncc1F. The van der Waals surface area contributed by atoms with Gasteiger partial charge in [-0.3, -0.25) is 9.78 Å². The average molecular weight is 285 g/mol. The molecule has 1 unspecified atom stereocenters. The minimum atomic E-state index is -0.364. The van der Waals surface area contributed by atoms with Crippen LogP contribution in [0.3, 0.4) is 0 Å².